The van der Waals surface area contributed by atoms with Gasteiger partial charge in [0.1, 0.15) is 11.2 Å². The van der Waals surface area contributed by atoms with E-state index in [9.17, 15) is 0 Å². The minimum atomic E-state index is 0.576. The summed E-state index contributed by atoms with van der Waals surface area (Å²) in [7, 11) is 0. The van der Waals surface area contributed by atoms with E-state index in [0.29, 0.717) is 5.92 Å². The molecule has 1 heterocycles. The van der Waals surface area contributed by atoms with Gasteiger partial charge >= 0.3 is 0 Å². The van der Waals surface area contributed by atoms with Crippen molar-refractivity contribution in [3.05, 3.63) is 90.5 Å². The second-order valence-electron chi connectivity index (χ2n) is 7.10. The molecule has 0 saturated heterocycles. The fourth-order valence-corrected chi connectivity index (χ4v) is 3.86. The molecular formula is C25H20O. The van der Waals surface area contributed by atoms with Crippen molar-refractivity contribution in [1.29, 1.82) is 0 Å². The molecule has 1 unspecified atom stereocenters. The Balaban J connectivity index is 1.85. The number of allylic oxidation sites excluding steroid dienone is 4. The second-order valence-corrected chi connectivity index (χ2v) is 7.10. The third-order valence-corrected chi connectivity index (χ3v) is 5.17. The average Bonchev–Trinajstić information content (AvgIpc) is 3.06. The lowest BCUT2D eigenvalue weighted by atomic mass is 9.90. The predicted octanol–water partition coefficient (Wildman–Crippen LogP) is 7.23. The molecule has 0 N–H and O–H groups in total. The van der Waals surface area contributed by atoms with Crippen LogP contribution in [0.15, 0.2) is 89.4 Å². The highest BCUT2D eigenvalue weighted by Crippen LogP contribution is 2.39. The maximum Gasteiger partial charge on any atom is 0.143 e. The van der Waals surface area contributed by atoms with Gasteiger partial charge in [0.25, 0.3) is 0 Å². The van der Waals surface area contributed by atoms with E-state index in [0.717, 1.165) is 23.2 Å². The zero-order chi connectivity index (χ0) is 17.5. The van der Waals surface area contributed by atoms with Crippen LogP contribution >= 0.6 is 0 Å². The molecule has 1 heteroatoms. The number of rotatable bonds is 2. The topological polar surface area (TPSA) is 13.1 Å². The summed E-state index contributed by atoms with van der Waals surface area (Å²) in [6.07, 6.45) is 8.02. The van der Waals surface area contributed by atoms with E-state index < -0.39 is 0 Å². The Labute approximate surface area is 153 Å². The molecule has 0 amide bonds. The summed E-state index contributed by atoms with van der Waals surface area (Å²) in [5, 5.41) is 2.36. The van der Waals surface area contributed by atoms with Gasteiger partial charge in [0.15, 0.2) is 0 Å². The fourth-order valence-electron chi connectivity index (χ4n) is 3.86. The number of hydrogen-bond donors (Lipinski definition) is 0. The highest BCUT2D eigenvalue weighted by Gasteiger charge is 2.16. The van der Waals surface area contributed by atoms with Gasteiger partial charge in [0, 0.05) is 16.3 Å². The molecule has 3 aromatic carbocycles. The van der Waals surface area contributed by atoms with Gasteiger partial charge < -0.3 is 4.42 Å². The molecule has 1 nitrogen and oxygen atoms in total. The van der Waals surface area contributed by atoms with Crippen molar-refractivity contribution < 1.29 is 4.42 Å². The number of hydrogen-bond acceptors (Lipinski definition) is 1. The zero-order valence-corrected chi connectivity index (χ0v) is 14.8. The summed E-state index contributed by atoms with van der Waals surface area (Å²) in [5.74, 6) is 0.576. The quantitative estimate of drug-likeness (QED) is 0.376. The van der Waals surface area contributed by atoms with Gasteiger partial charge in [-0.3, -0.25) is 0 Å². The smallest absolute Gasteiger partial charge is 0.143 e. The van der Waals surface area contributed by atoms with Crippen LogP contribution in [0.4, 0.5) is 0 Å². The maximum absolute atomic E-state index is 6.26. The summed E-state index contributed by atoms with van der Waals surface area (Å²) in [5.41, 5.74) is 6.81. The van der Waals surface area contributed by atoms with Crippen LogP contribution in [0.1, 0.15) is 18.9 Å². The van der Waals surface area contributed by atoms with E-state index in [2.05, 4.69) is 79.7 Å². The third kappa shape index (κ3) is 2.48. The molecule has 1 atom stereocenters. The number of benzene rings is 3. The van der Waals surface area contributed by atoms with E-state index in [1.54, 1.807) is 0 Å². The van der Waals surface area contributed by atoms with Crippen molar-refractivity contribution in [3.8, 4) is 11.1 Å². The molecular weight excluding hydrogens is 316 g/mol. The van der Waals surface area contributed by atoms with Crippen molar-refractivity contribution in [1.82, 2.24) is 0 Å². The molecule has 4 aromatic rings. The van der Waals surface area contributed by atoms with Gasteiger partial charge in [0.2, 0.25) is 0 Å². The highest BCUT2D eigenvalue weighted by molar-refractivity contribution is 6.11. The Morgan fingerprint density at radius 3 is 2.50 bits per heavy atom. The van der Waals surface area contributed by atoms with Crippen LogP contribution in [0, 0.1) is 5.92 Å². The molecule has 0 fully saturated rings. The molecule has 126 valence electrons. The molecule has 26 heavy (non-hydrogen) atoms. The second kappa shape index (κ2) is 6.03. The lowest BCUT2D eigenvalue weighted by Gasteiger charge is -2.14. The first-order chi connectivity index (χ1) is 12.8. The van der Waals surface area contributed by atoms with Crippen LogP contribution in [0.5, 0.6) is 0 Å². The zero-order valence-electron chi connectivity index (χ0n) is 14.8. The van der Waals surface area contributed by atoms with Gasteiger partial charge in [0.05, 0.1) is 0 Å². The maximum atomic E-state index is 6.26. The van der Waals surface area contributed by atoms with E-state index >= 15 is 0 Å². The fraction of sp³-hybridized carbons (Fsp3) is 0.120. The first-order valence-electron chi connectivity index (χ1n) is 9.19. The Morgan fingerprint density at radius 1 is 0.846 bits per heavy atom. The molecule has 0 saturated carbocycles. The first kappa shape index (κ1) is 15.2. The highest BCUT2D eigenvalue weighted by atomic mass is 16.3. The predicted molar refractivity (Wildman–Crippen MR) is 110 cm³/mol. The Bertz CT molecular complexity index is 1160. The Kier molecular flexibility index (Phi) is 3.53. The normalized spacial score (nSPS) is 17.0. The monoisotopic (exact) mass is 336 g/mol. The average molecular weight is 336 g/mol. The van der Waals surface area contributed by atoms with Gasteiger partial charge in [-0.25, -0.2) is 0 Å². The molecule has 0 spiro atoms. The number of para-hydroxylation sites is 1. The van der Waals surface area contributed by atoms with Crippen LogP contribution in [0.3, 0.4) is 0 Å². The summed E-state index contributed by atoms with van der Waals surface area (Å²) in [6, 6.07) is 23.4. The SMILES string of the molecule is CC1C=C(c2cc(-c3ccccc3)c3oc4ccccc4c3c2)C=CC1. The minimum Gasteiger partial charge on any atom is -0.455 e. The summed E-state index contributed by atoms with van der Waals surface area (Å²) >= 11 is 0. The van der Waals surface area contributed by atoms with Crippen molar-refractivity contribution >= 4 is 27.5 Å². The molecule has 1 aliphatic carbocycles. The molecule has 0 bridgehead atoms. The van der Waals surface area contributed by atoms with Crippen molar-refractivity contribution in [2.75, 3.05) is 0 Å². The molecule has 1 aliphatic rings. The van der Waals surface area contributed by atoms with E-state index in [1.807, 2.05) is 12.1 Å². The van der Waals surface area contributed by atoms with E-state index in [4.69, 9.17) is 4.42 Å². The first-order valence-corrected chi connectivity index (χ1v) is 9.19. The lowest BCUT2D eigenvalue weighted by Crippen LogP contribution is -1.95. The van der Waals surface area contributed by atoms with Crippen LogP contribution < -0.4 is 0 Å². The molecule has 1 aromatic heterocycles. The van der Waals surface area contributed by atoms with Crippen molar-refractivity contribution in [3.63, 3.8) is 0 Å². The van der Waals surface area contributed by atoms with Gasteiger partial charge in [-0.05, 0) is 47.2 Å². The van der Waals surface area contributed by atoms with Crippen molar-refractivity contribution in [2.24, 2.45) is 5.92 Å². The van der Waals surface area contributed by atoms with Gasteiger partial charge in [-0.1, -0.05) is 73.7 Å². The molecule has 0 aliphatic heterocycles. The Hall–Kier alpha value is -3.06. The molecule has 0 radical (unpaired) electrons. The van der Waals surface area contributed by atoms with E-state index in [1.165, 1.54) is 27.5 Å². The third-order valence-electron chi connectivity index (χ3n) is 5.17. The summed E-state index contributed by atoms with van der Waals surface area (Å²) in [4.78, 5) is 0. The van der Waals surface area contributed by atoms with Crippen LogP contribution in [0.25, 0.3) is 38.6 Å². The van der Waals surface area contributed by atoms with Gasteiger partial charge in [-0.15, -0.1) is 0 Å². The number of fused-ring (bicyclic) bond motifs is 3. The molecule has 5 rings (SSSR count). The van der Waals surface area contributed by atoms with Crippen LogP contribution in [0.2, 0.25) is 0 Å². The van der Waals surface area contributed by atoms with Gasteiger partial charge in [-0.2, -0.15) is 0 Å². The summed E-state index contributed by atoms with van der Waals surface area (Å²) < 4.78 is 6.26. The number of furan rings is 1. The van der Waals surface area contributed by atoms with E-state index in [-0.39, 0.29) is 0 Å². The standard InChI is InChI=1S/C25H20O/c1-17-8-7-11-19(14-17)20-15-22(18-9-3-2-4-10-18)25-23(16-20)21-12-5-6-13-24(21)26-25/h2-7,9-17H,8H2,1H3. The van der Waals surface area contributed by atoms with Crippen molar-refractivity contribution in [2.45, 2.75) is 13.3 Å². The summed E-state index contributed by atoms with van der Waals surface area (Å²) in [6.45, 7) is 2.27. The van der Waals surface area contributed by atoms with Crippen LogP contribution in [-0.2, 0) is 0 Å². The van der Waals surface area contributed by atoms with Crippen LogP contribution in [-0.4, -0.2) is 0 Å². The minimum absolute atomic E-state index is 0.576. The lowest BCUT2D eigenvalue weighted by molar-refractivity contribution is 0.670. The largest absolute Gasteiger partial charge is 0.455 e. The Morgan fingerprint density at radius 2 is 1.65 bits per heavy atom.